The number of carbonyl (C=O) groups is 1. The lowest BCUT2D eigenvalue weighted by atomic mass is 10.1. The van der Waals surface area contributed by atoms with Gasteiger partial charge < -0.3 is 5.32 Å². The molecule has 16 heavy (non-hydrogen) atoms. The van der Waals surface area contributed by atoms with Crippen molar-refractivity contribution in [3.63, 3.8) is 0 Å². The lowest BCUT2D eigenvalue weighted by Gasteiger charge is -2.08. The molecule has 0 rings (SSSR count). The van der Waals surface area contributed by atoms with Crippen molar-refractivity contribution < 1.29 is 4.79 Å². The highest BCUT2D eigenvalue weighted by Crippen LogP contribution is 2.11. The number of alkyl halides is 1. The number of halogens is 2. The van der Waals surface area contributed by atoms with Crippen LogP contribution in [0.15, 0.2) is 0 Å². The highest BCUT2D eigenvalue weighted by atomic mass is 35.5. The van der Waals surface area contributed by atoms with Gasteiger partial charge in [-0.05, 0) is 18.0 Å². The average Bonchev–Trinajstić information content (AvgIpc) is 2.21. The molecule has 96 valence electrons. The fraction of sp³-hybridized carbons (Fsp3) is 0.917. The van der Waals surface area contributed by atoms with Gasteiger partial charge in [0, 0.05) is 0 Å². The second-order valence-corrected chi connectivity index (χ2v) is 5.02. The van der Waals surface area contributed by atoms with Crippen molar-refractivity contribution in [3.8, 4) is 0 Å². The molecule has 0 spiro atoms. The van der Waals surface area contributed by atoms with Crippen LogP contribution in [0.2, 0.25) is 0 Å². The Balaban J connectivity index is 3.11. The van der Waals surface area contributed by atoms with Crippen LogP contribution in [-0.2, 0) is 0 Å². The monoisotopic (exact) mass is 267 g/mol. The van der Waals surface area contributed by atoms with Crippen LogP contribution >= 0.6 is 23.2 Å². The van der Waals surface area contributed by atoms with Crippen LogP contribution in [0, 0.1) is 0 Å². The van der Waals surface area contributed by atoms with E-state index in [1.54, 1.807) is 0 Å². The Morgan fingerprint density at radius 1 is 1.06 bits per heavy atom. The number of rotatable bonds is 10. The number of hydrogen-bond donors (Lipinski definition) is 1. The van der Waals surface area contributed by atoms with Gasteiger partial charge in [-0.15, -0.1) is 0 Å². The Bertz CT molecular complexity index is 176. The summed E-state index contributed by atoms with van der Waals surface area (Å²) in [5.74, 6) is 0. The highest BCUT2D eigenvalue weighted by Gasteiger charge is 2.05. The first-order valence-corrected chi connectivity index (χ1v) is 7.08. The van der Waals surface area contributed by atoms with E-state index in [1.165, 1.54) is 44.9 Å². The summed E-state index contributed by atoms with van der Waals surface area (Å²) in [5.41, 5.74) is -0.315. The molecule has 0 saturated heterocycles. The summed E-state index contributed by atoms with van der Waals surface area (Å²) in [6, 6.07) is 0. The van der Waals surface area contributed by atoms with Gasteiger partial charge in [0.1, 0.15) is 5.50 Å². The van der Waals surface area contributed by atoms with Crippen molar-refractivity contribution >= 4 is 28.6 Å². The summed E-state index contributed by atoms with van der Waals surface area (Å²) in [7, 11) is 0. The lowest BCUT2D eigenvalue weighted by molar-refractivity contribution is 0.258. The molecule has 1 unspecified atom stereocenters. The molecule has 0 aliphatic heterocycles. The second kappa shape index (κ2) is 11.5. The Morgan fingerprint density at radius 2 is 1.56 bits per heavy atom. The van der Waals surface area contributed by atoms with Crippen molar-refractivity contribution in [1.29, 1.82) is 0 Å². The van der Waals surface area contributed by atoms with Gasteiger partial charge in [-0.25, -0.2) is 0 Å². The molecule has 1 amide bonds. The molecule has 0 aromatic rings. The molecular weight excluding hydrogens is 245 g/mol. The third kappa shape index (κ3) is 12.1. The zero-order valence-electron chi connectivity index (χ0n) is 10.1. The molecule has 0 aliphatic carbocycles. The van der Waals surface area contributed by atoms with Gasteiger partial charge in [-0.2, -0.15) is 0 Å². The number of hydrogen-bond acceptors (Lipinski definition) is 1. The molecule has 0 aromatic heterocycles. The summed E-state index contributed by atoms with van der Waals surface area (Å²) in [4.78, 5) is 10.5. The van der Waals surface area contributed by atoms with Crippen molar-refractivity contribution in [3.05, 3.63) is 0 Å². The van der Waals surface area contributed by atoms with Gasteiger partial charge in [-0.3, -0.25) is 4.79 Å². The molecule has 0 radical (unpaired) electrons. The molecule has 1 N–H and O–H groups in total. The first-order valence-electron chi connectivity index (χ1n) is 6.27. The Kier molecular flexibility index (Phi) is 11.6. The van der Waals surface area contributed by atoms with Crippen LogP contribution in [0.4, 0.5) is 4.79 Å². The maximum Gasteiger partial charge on any atom is 0.314 e. The molecule has 0 aliphatic rings. The van der Waals surface area contributed by atoms with E-state index in [2.05, 4.69) is 12.2 Å². The molecule has 4 heteroatoms. The summed E-state index contributed by atoms with van der Waals surface area (Å²) in [6.45, 7) is 2.23. The summed E-state index contributed by atoms with van der Waals surface area (Å²) in [5, 5.41) is 1.88. The predicted octanol–water partition coefficient (Wildman–Crippen LogP) is 5.03. The molecule has 0 bridgehead atoms. The number of nitrogens with one attached hydrogen (secondary N) is 1. The van der Waals surface area contributed by atoms with E-state index >= 15 is 0 Å². The van der Waals surface area contributed by atoms with Crippen molar-refractivity contribution in [1.82, 2.24) is 5.32 Å². The minimum Gasteiger partial charge on any atom is -0.326 e. The van der Waals surface area contributed by atoms with E-state index in [-0.39, 0.29) is 5.50 Å². The first-order chi connectivity index (χ1) is 7.66. The molecular formula is C12H23Cl2NO. The van der Waals surface area contributed by atoms with E-state index in [9.17, 15) is 4.79 Å². The largest absolute Gasteiger partial charge is 0.326 e. The minimum absolute atomic E-state index is 0.315. The summed E-state index contributed by atoms with van der Waals surface area (Å²) in [6.07, 6.45) is 11.0. The topological polar surface area (TPSA) is 29.1 Å². The van der Waals surface area contributed by atoms with E-state index in [0.29, 0.717) is 0 Å². The van der Waals surface area contributed by atoms with E-state index in [4.69, 9.17) is 23.2 Å². The van der Waals surface area contributed by atoms with Crippen LogP contribution in [-0.4, -0.2) is 10.9 Å². The SMILES string of the molecule is CCCCCCCCCCC(Cl)NC(=O)Cl. The Morgan fingerprint density at radius 3 is 2.06 bits per heavy atom. The van der Waals surface area contributed by atoms with Gasteiger partial charge in [0.05, 0.1) is 0 Å². The first kappa shape index (κ1) is 16.1. The third-order valence-electron chi connectivity index (χ3n) is 2.58. The second-order valence-electron chi connectivity index (χ2n) is 4.15. The summed E-state index contributed by atoms with van der Waals surface area (Å²) >= 11 is 11.0. The zero-order chi connectivity index (χ0) is 12.2. The molecule has 0 aromatic carbocycles. The van der Waals surface area contributed by atoms with Crippen LogP contribution in [0.25, 0.3) is 0 Å². The van der Waals surface area contributed by atoms with Crippen molar-refractivity contribution in [2.75, 3.05) is 0 Å². The summed E-state index contributed by atoms with van der Waals surface area (Å²) < 4.78 is 0. The quantitative estimate of drug-likeness (QED) is 0.256. The molecule has 2 nitrogen and oxygen atoms in total. The normalized spacial score (nSPS) is 12.4. The van der Waals surface area contributed by atoms with Gasteiger partial charge >= 0.3 is 5.37 Å². The van der Waals surface area contributed by atoms with Crippen LogP contribution in [0.3, 0.4) is 0 Å². The number of carbonyl (C=O) groups excluding carboxylic acids is 1. The lowest BCUT2D eigenvalue weighted by Crippen LogP contribution is -2.25. The minimum atomic E-state index is -0.570. The fourth-order valence-electron chi connectivity index (χ4n) is 1.65. The van der Waals surface area contributed by atoms with Crippen LogP contribution in [0.5, 0.6) is 0 Å². The molecule has 0 heterocycles. The Labute approximate surface area is 109 Å². The number of unbranched alkanes of at least 4 members (excludes halogenated alkanes) is 7. The third-order valence-corrected chi connectivity index (χ3v) is 3.02. The number of amides is 1. The van der Waals surface area contributed by atoms with Gasteiger partial charge in [-0.1, -0.05) is 69.9 Å². The molecule has 0 saturated carbocycles. The smallest absolute Gasteiger partial charge is 0.314 e. The van der Waals surface area contributed by atoms with Crippen molar-refractivity contribution in [2.24, 2.45) is 0 Å². The van der Waals surface area contributed by atoms with E-state index in [1.807, 2.05) is 0 Å². The predicted molar refractivity (Wildman–Crippen MR) is 71.3 cm³/mol. The fourth-order valence-corrected chi connectivity index (χ4v) is 2.09. The van der Waals surface area contributed by atoms with Crippen LogP contribution < -0.4 is 5.32 Å². The van der Waals surface area contributed by atoms with Gasteiger partial charge in [0.2, 0.25) is 0 Å². The van der Waals surface area contributed by atoms with E-state index in [0.717, 1.165) is 12.8 Å². The van der Waals surface area contributed by atoms with E-state index < -0.39 is 5.37 Å². The van der Waals surface area contributed by atoms with Crippen molar-refractivity contribution in [2.45, 2.75) is 70.2 Å². The van der Waals surface area contributed by atoms with Gasteiger partial charge in [0.25, 0.3) is 0 Å². The zero-order valence-corrected chi connectivity index (χ0v) is 11.6. The van der Waals surface area contributed by atoms with Crippen LogP contribution in [0.1, 0.15) is 64.7 Å². The highest BCUT2D eigenvalue weighted by molar-refractivity contribution is 6.63. The maximum absolute atomic E-state index is 10.5. The molecule has 1 atom stereocenters. The van der Waals surface area contributed by atoms with Gasteiger partial charge in [0.15, 0.2) is 0 Å². The molecule has 0 fully saturated rings. The maximum atomic E-state index is 10.5. The standard InChI is InChI=1S/C12H23Cl2NO/c1-2-3-4-5-6-7-8-9-10-11(13)15-12(14)16/h11H,2-10H2,1H3,(H,15,16). The Hall–Kier alpha value is 0.0500. The average molecular weight is 268 g/mol.